The Morgan fingerprint density at radius 2 is 1.46 bits per heavy atom. The number of para-hydroxylation sites is 2. The quantitative estimate of drug-likeness (QED) is 0.0370. The molecule has 0 saturated carbocycles. The fourth-order valence-corrected chi connectivity index (χ4v) is 4.86. The van der Waals surface area contributed by atoms with Crippen molar-refractivity contribution in [1.82, 2.24) is 19.5 Å². The van der Waals surface area contributed by atoms with Gasteiger partial charge in [-0.1, -0.05) is 43.0 Å². The number of nitrogens with two attached hydrogens (primary N) is 3. The number of allylic oxidation sites excluding steroid dienone is 1. The fraction of sp³-hybridized carbons (Fsp3) is 0.100. The van der Waals surface area contributed by atoms with Gasteiger partial charge in [0.05, 0.1) is 24.1 Å². The first-order valence-corrected chi connectivity index (χ1v) is 17.4. The molecular formula is C40H36N10O4S2. The Bertz CT molecular complexity index is 2430. The van der Waals surface area contributed by atoms with Gasteiger partial charge < -0.3 is 36.5 Å². The van der Waals surface area contributed by atoms with Crippen LogP contribution in [-0.2, 0) is 0 Å². The number of nitriles is 1. The summed E-state index contributed by atoms with van der Waals surface area (Å²) in [5.41, 5.74) is 19.2. The number of rotatable bonds is 9. The zero-order chi connectivity index (χ0) is 40.9. The lowest BCUT2D eigenvalue weighted by Gasteiger charge is -2.08. The van der Waals surface area contributed by atoms with Gasteiger partial charge in [-0.3, -0.25) is 14.2 Å². The number of aromatic amines is 1. The number of hydrogen-bond donors (Lipinski definition) is 4. The number of imidazole rings is 1. The summed E-state index contributed by atoms with van der Waals surface area (Å²) < 4.78 is 12.8. The molecule has 0 aliphatic carbocycles. The Morgan fingerprint density at radius 1 is 0.911 bits per heavy atom. The third kappa shape index (κ3) is 12.6. The van der Waals surface area contributed by atoms with E-state index in [-0.39, 0.29) is 17.2 Å². The number of aliphatic imine (C=N–C) groups is 1. The molecule has 0 aliphatic rings. The number of nitrogens with one attached hydrogen (secondary N) is 1. The lowest BCUT2D eigenvalue weighted by atomic mass is 10.2. The van der Waals surface area contributed by atoms with Crippen LogP contribution in [0.25, 0.3) is 33.1 Å². The molecule has 56 heavy (non-hydrogen) atoms. The van der Waals surface area contributed by atoms with Crippen molar-refractivity contribution in [2.75, 3.05) is 13.2 Å². The van der Waals surface area contributed by atoms with Crippen molar-refractivity contribution in [3.8, 4) is 34.6 Å². The molecule has 0 atom stereocenters. The summed E-state index contributed by atoms with van der Waals surface area (Å²) >= 11 is 9.88. The minimum Gasteiger partial charge on any atom is -0.494 e. The van der Waals surface area contributed by atoms with E-state index in [9.17, 15) is 9.59 Å². The predicted molar refractivity (Wildman–Crippen MR) is 221 cm³/mol. The number of H-pyrrole nitrogens is 1. The van der Waals surface area contributed by atoms with Crippen LogP contribution < -0.4 is 26.7 Å². The van der Waals surface area contributed by atoms with Crippen molar-refractivity contribution in [2.24, 2.45) is 22.2 Å². The van der Waals surface area contributed by atoms with Gasteiger partial charge in [-0.25, -0.2) is 9.97 Å². The van der Waals surface area contributed by atoms with Gasteiger partial charge in [0.2, 0.25) is 0 Å². The SMILES string of the molecule is CCOc1ccc(-c2nc(C(N)=O)c3[nH]c(=S)n(-c4ccccc4)c3n2)cc1.CCOc1ccc(C=O)cc1.S=C=Nc1ccccc1.[C-]#[N+]/C(N)=C(/N)C#N. The number of benzene rings is 4. The van der Waals surface area contributed by atoms with E-state index in [1.807, 2.05) is 98.8 Å². The van der Waals surface area contributed by atoms with Crippen LogP contribution in [0.5, 0.6) is 11.5 Å². The second-order valence-electron chi connectivity index (χ2n) is 10.7. The minimum absolute atomic E-state index is 0.0923. The molecule has 6 rings (SSSR count). The zero-order valence-electron chi connectivity index (χ0n) is 30.2. The molecule has 0 fully saturated rings. The van der Waals surface area contributed by atoms with Gasteiger partial charge in [-0.15, -0.1) is 0 Å². The van der Waals surface area contributed by atoms with Crippen molar-refractivity contribution in [1.29, 1.82) is 5.26 Å². The number of amides is 1. The number of ether oxygens (including phenoxy) is 2. The van der Waals surface area contributed by atoms with Gasteiger partial charge in [0, 0.05) is 16.8 Å². The summed E-state index contributed by atoms with van der Waals surface area (Å²) in [5.74, 6) is 1.03. The average molecular weight is 785 g/mol. The van der Waals surface area contributed by atoms with Crippen LogP contribution in [0.2, 0.25) is 0 Å². The highest BCUT2D eigenvalue weighted by molar-refractivity contribution is 7.78. The highest BCUT2D eigenvalue weighted by Crippen LogP contribution is 2.25. The number of aldehydes is 1. The largest absolute Gasteiger partial charge is 0.494 e. The van der Waals surface area contributed by atoms with E-state index in [1.165, 1.54) is 6.07 Å². The van der Waals surface area contributed by atoms with Gasteiger partial charge in [-0.2, -0.15) is 10.3 Å². The molecule has 2 aromatic heterocycles. The molecule has 4 aromatic carbocycles. The predicted octanol–water partition coefficient (Wildman–Crippen LogP) is 7.48. The van der Waals surface area contributed by atoms with Crippen molar-refractivity contribution in [3.63, 3.8) is 0 Å². The third-order valence-corrected chi connectivity index (χ3v) is 7.36. The first-order chi connectivity index (χ1) is 27.1. The topological polar surface area (TPSA) is 218 Å². The number of nitrogens with zero attached hydrogens (tertiary/aromatic N) is 6. The third-order valence-electron chi connectivity index (χ3n) is 6.98. The lowest BCUT2D eigenvalue weighted by Crippen LogP contribution is -2.15. The summed E-state index contributed by atoms with van der Waals surface area (Å²) in [6.45, 7) is 11.3. The smallest absolute Gasteiger partial charge is 0.269 e. The molecule has 16 heteroatoms. The molecule has 0 bridgehead atoms. The number of aromatic nitrogens is 4. The highest BCUT2D eigenvalue weighted by Gasteiger charge is 2.19. The molecule has 0 saturated heterocycles. The second-order valence-corrected chi connectivity index (χ2v) is 11.3. The van der Waals surface area contributed by atoms with Gasteiger partial charge in [0.25, 0.3) is 11.7 Å². The van der Waals surface area contributed by atoms with Crippen molar-refractivity contribution in [2.45, 2.75) is 13.8 Å². The molecule has 2 heterocycles. The number of isothiocyanates is 1. The maximum Gasteiger partial charge on any atom is 0.269 e. The standard InChI is InChI=1S/C20H17N5O2S.C9H10O2.C7H5NS.C4H4N4/c1-2-27-14-10-8-12(9-11-14)18-22-15(17(21)26)16-19(24-18)25(20(28)23-16)13-6-4-3-5-7-13;1-2-11-9-5-3-8(7-10)4-6-9;9-6-8-7-4-2-1-3-5-7;1-8-4(7)3(6)2-5/h3-11H,2H2,1H3,(H2,21,26)(H,23,28);3-7H,2H2,1H3;1-5H;6-7H2/b;;;4-3+. The van der Waals surface area contributed by atoms with Crippen LogP contribution in [0.3, 0.4) is 0 Å². The van der Waals surface area contributed by atoms with E-state index in [4.69, 9.17) is 50.7 Å². The summed E-state index contributed by atoms with van der Waals surface area (Å²) in [6, 6.07) is 34.9. The molecule has 0 aliphatic heterocycles. The van der Waals surface area contributed by atoms with Gasteiger partial charge in [-0.05, 0) is 111 Å². The van der Waals surface area contributed by atoms with Crippen LogP contribution in [0, 0.1) is 22.7 Å². The first kappa shape index (κ1) is 42.9. The van der Waals surface area contributed by atoms with Gasteiger partial charge in [0.15, 0.2) is 21.9 Å². The molecule has 0 spiro atoms. The Balaban J connectivity index is 0.000000245. The number of carbonyl (C=O) groups excluding carboxylic acids is 2. The Morgan fingerprint density at radius 3 is 1.93 bits per heavy atom. The Labute approximate surface area is 333 Å². The number of primary amides is 1. The molecule has 6 aromatic rings. The molecule has 1 amide bonds. The van der Waals surface area contributed by atoms with Crippen LogP contribution in [-0.4, -0.2) is 50.1 Å². The highest BCUT2D eigenvalue weighted by atomic mass is 32.1. The molecular weight excluding hydrogens is 749 g/mol. The summed E-state index contributed by atoms with van der Waals surface area (Å²) in [4.78, 5) is 40.8. The maximum atomic E-state index is 12.0. The summed E-state index contributed by atoms with van der Waals surface area (Å²) in [5, 5.41) is 10.3. The van der Waals surface area contributed by atoms with Gasteiger partial charge >= 0.3 is 0 Å². The van der Waals surface area contributed by atoms with Crippen LogP contribution in [0.1, 0.15) is 34.7 Å². The Hall–Kier alpha value is -7.49. The van der Waals surface area contributed by atoms with E-state index in [1.54, 1.807) is 28.8 Å². The first-order valence-electron chi connectivity index (χ1n) is 16.5. The average Bonchev–Trinajstić information content (AvgIpc) is 3.57. The summed E-state index contributed by atoms with van der Waals surface area (Å²) in [7, 11) is 0. The van der Waals surface area contributed by atoms with E-state index in [0.29, 0.717) is 40.5 Å². The van der Waals surface area contributed by atoms with Crippen LogP contribution in [0.15, 0.2) is 126 Å². The lowest BCUT2D eigenvalue weighted by molar-refractivity contribution is 0.0996. The van der Waals surface area contributed by atoms with Gasteiger partial charge in [0.1, 0.15) is 35.1 Å². The molecule has 7 N–H and O–H groups in total. The fourth-order valence-electron chi connectivity index (χ4n) is 4.46. The molecule has 0 radical (unpaired) electrons. The molecule has 14 nitrogen and oxygen atoms in total. The van der Waals surface area contributed by atoms with Crippen molar-refractivity contribution >= 4 is 58.6 Å². The normalized spacial score (nSPS) is 10.1. The monoisotopic (exact) mass is 784 g/mol. The van der Waals surface area contributed by atoms with E-state index >= 15 is 0 Å². The van der Waals surface area contributed by atoms with Crippen molar-refractivity contribution < 1.29 is 19.1 Å². The van der Waals surface area contributed by atoms with E-state index in [0.717, 1.165) is 34.7 Å². The van der Waals surface area contributed by atoms with E-state index < -0.39 is 5.91 Å². The number of thiocarbonyl (C=S) groups is 1. The number of fused-ring (bicyclic) bond motifs is 1. The van der Waals surface area contributed by atoms with Crippen molar-refractivity contribution in [3.05, 3.63) is 148 Å². The maximum absolute atomic E-state index is 12.0. The number of hydrogen-bond acceptors (Lipinski definition) is 12. The summed E-state index contributed by atoms with van der Waals surface area (Å²) in [6.07, 6.45) is 0.815. The van der Waals surface area contributed by atoms with Crippen LogP contribution in [0.4, 0.5) is 5.69 Å². The Kier molecular flexibility index (Phi) is 17.3. The minimum atomic E-state index is -0.656. The zero-order valence-corrected chi connectivity index (χ0v) is 31.9. The number of carbonyl (C=O) groups is 2. The van der Waals surface area contributed by atoms with E-state index in [2.05, 4.69) is 42.2 Å². The van der Waals surface area contributed by atoms with Crippen LogP contribution >= 0.6 is 24.4 Å². The second kappa shape index (κ2) is 22.5. The molecule has 0 unspecified atom stereocenters. The molecule has 282 valence electrons.